The lowest BCUT2D eigenvalue weighted by atomic mass is 9.65. The van der Waals surface area contributed by atoms with Gasteiger partial charge in [0.1, 0.15) is 0 Å². The first-order valence-corrected chi connectivity index (χ1v) is 6.55. The molecule has 0 amide bonds. The lowest BCUT2D eigenvalue weighted by Gasteiger charge is -2.41. The molecule has 0 aromatic rings. The highest BCUT2D eigenvalue weighted by Crippen LogP contribution is 2.47. The minimum absolute atomic E-state index is 0.137. The van der Waals surface area contributed by atoms with Crippen molar-refractivity contribution in [3.05, 3.63) is 0 Å². The molecule has 0 spiro atoms. The van der Waals surface area contributed by atoms with E-state index in [1.807, 2.05) is 0 Å². The Labute approximate surface area is 94.6 Å². The van der Waals surface area contributed by atoms with E-state index in [-0.39, 0.29) is 5.60 Å². The van der Waals surface area contributed by atoms with Crippen LogP contribution in [0.3, 0.4) is 0 Å². The molecule has 0 N–H and O–H groups in total. The normalized spacial score (nSPS) is 39.2. The molecule has 1 aliphatic heterocycles. The summed E-state index contributed by atoms with van der Waals surface area (Å²) in [7, 11) is 0. The zero-order valence-electron chi connectivity index (χ0n) is 10.8. The summed E-state index contributed by atoms with van der Waals surface area (Å²) in [5, 5.41) is 0. The van der Waals surface area contributed by atoms with Gasteiger partial charge in [-0.15, -0.1) is 0 Å². The zero-order valence-corrected chi connectivity index (χ0v) is 10.8. The average Bonchev–Trinajstić information content (AvgIpc) is 2.43. The van der Waals surface area contributed by atoms with Gasteiger partial charge in [0.2, 0.25) is 0 Å². The van der Waals surface area contributed by atoms with Crippen LogP contribution in [-0.4, -0.2) is 12.2 Å². The molecule has 2 atom stereocenters. The number of ether oxygens (including phenoxy) is 1. The van der Waals surface area contributed by atoms with Gasteiger partial charge in [-0.2, -0.15) is 0 Å². The molecule has 1 heterocycles. The smallest absolute Gasteiger partial charge is 0.0658 e. The van der Waals surface area contributed by atoms with Gasteiger partial charge in [-0.25, -0.2) is 0 Å². The molecule has 2 unspecified atom stereocenters. The maximum Gasteiger partial charge on any atom is 0.0658 e. The van der Waals surface area contributed by atoms with Crippen molar-refractivity contribution >= 4 is 0 Å². The molecule has 1 saturated heterocycles. The van der Waals surface area contributed by atoms with Crippen LogP contribution in [0.25, 0.3) is 0 Å². The molecule has 2 fully saturated rings. The van der Waals surface area contributed by atoms with E-state index < -0.39 is 0 Å². The second-order valence-corrected chi connectivity index (χ2v) is 6.87. The van der Waals surface area contributed by atoms with E-state index in [1.54, 1.807) is 0 Å². The van der Waals surface area contributed by atoms with Crippen LogP contribution in [0, 0.1) is 17.3 Å². The van der Waals surface area contributed by atoms with E-state index in [9.17, 15) is 0 Å². The molecule has 2 aliphatic rings. The van der Waals surface area contributed by atoms with Gasteiger partial charge >= 0.3 is 0 Å². The Kier molecular flexibility index (Phi) is 2.87. The van der Waals surface area contributed by atoms with Crippen LogP contribution >= 0.6 is 0 Å². The highest BCUT2D eigenvalue weighted by Gasteiger charge is 2.43. The molecule has 1 heteroatoms. The lowest BCUT2D eigenvalue weighted by Crippen LogP contribution is -2.37. The Morgan fingerprint density at radius 3 is 2.33 bits per heavy atom. The topological polar surface area (TPSA) is 9.23 Å². The molecular weight excluding hydrogens is 184 g/mol. The Hall–Kier alpha value is -0.0400. The fourth-order valence-corrected chi connectivity index (χ4v) is 3.81. The second-order valence-electron chi connectivity index (χ2n) is 6.87. The third-order valence-corrected chi connectivity index (χ3v) is 4.61. The van der Waals surface area contributed by atoms with Crippen molar-refractivity contribution < 1.29 is 4.74 Å². The Morgan fingerprint density at radius 1 is 1.07 bits per heavy atom. The predicted octanol–water partition coefficient (Wildman–Crippen LogP) is 4.02. The molecule has 15 heavy (non-hydrogen) atoms. The van der Waals surface area contributed by atoms with Gasteiger partial charge in [-0.05, 0) is 50.4 Å². The third-order valence-electron chi connectivity index (χ3n) is 4.61. The van der Waals surface area contributed by atoms with E-state index in [4.69, 9.17) is 4.74 Å². The van der Waals surface area contributed by atoms with Crippen LogP contribution in [0.2, 0.25) is 0 Å². The third kappa shape index (κ3) is 2.38. The summed E-state index contributed by atoms with van der Waals surface area (Å²) in [6.07, 6.45) is 6.96. The summed E-state index contributed by atoms with van der Waals surface area (Å²) < 4.78 is 5.87. The Morgan fingerprint density at radius 2 is 1.80 bits per heavy atom. The van der Waals surface area contributed by atoms with Gasteiger partial charge in [0.15, 0.2) is 0 Å². The van der Waals surface area contributed by atoms with Crippen molar-refractivity contribution in [3.63, 3.8) is 0 Å². The average molecular weight is 210 g/mol. The first-order valence-electron chi connectivity index (χ1n) is 6.55. The van der Waals surface area contributed by atoms with E-state index >= 15 is 0 Å². The van der Waals surface area contributed by atoms with E-state index in [0.717, 1.165) is 18.4 Å². The molecule has 0 aromatic carbocycles. The number of rotatable bonds is 1. The van der Waals surface area contributed by atoms with E-state index in [0.29, 0.717) is 5.41 Å². The molecule has 88 valence electrons. The van der Waals surface area contributed by atoms with Crippen molar-refractivity contribution in [1.29, 1.82) is 0 Å². The first-order chi connectivity index (χ1) is 6.91. The maximum atomic E-state index is 5.87. The summed E-state index contributed by atoms with van der Waals surface area (Å²) in [5.74, 6) is 1.71. The maximum absolute atomic E-state index is 5.87. The van der Waals surface area contributed by atoms with Crippen LogP contribution in [0.4, 0.5) is 0 Å². The Bertz CT molecular complexity index is 229. The quantitative estimate of drug-likeness (QED) is 0.635. The predicted molar refractivity (Wildman–Crippen MR) is 63.9 cm³/mol. The molecule has 1 saturated carbocycles. The summed E-state index contributed by atoms with van der Waals surface area (Å²) >= 11 is 0. The molecule has 0 radical (unpaired) electrons. The highest BCUT2D eigenvalue weighted by molar-refractivity contribution is 4.93. The number of hydrogen-bond donors (Lipinski definition) is 0. The SMILES string of the molecule is CC1(C)CCCC(C2CCOC2(C)C)C1. The molecule has 1 aliphatic carbocycles. The Balaban J connectivity index is 2.04. The molecule has 2 rings (SSSR count). The van der Waals surface area contributed by atoms with Gasteiger partial charge in [0.05, 0.1) is 5.60 Å². The summed E-state index contributed by atoms with van der Waals surface area (Å²) in [4.78, 5) is 0. The van der Waals surface area contributed by atoms with Crippen LogP contribution in [-0.2, 0) is 4.74 Å². The van der Waals surface area contributed by atoms with Gasteiger partial charge in [0, 0.05) is 6.61 Å². The van der Waals surface area contributed by atoms with Crippen LogP contribution in [0.15, 0.2) is 0 Å². The van der Waals surface area contributed by atoms with Gasteiger partial charge < -0.3 is 4.74 Å². The van der Waals surface area contributed by atoms with Crippen molar-refractivity contribution in [3.8, 4) is 0 Å². The monoisotopic (exact) mass is 210 g/mol. The first kappa shape index (κ1) is 11.4. The van der Waals surface area contributed by atoms with Crippen molar-refractivity contribution in [1.82, 2.24) is 0 Å². The molecule has 0 bridgehead atoms. The van der Waals surface area contributed by atoms with Gasteiger partial charge in [-0.1, -0.05) is 26.7 Å². The minimum Gasteiger partial charge on any atom is -0.375 e. The van der Waals surface area contributed by atoms with Crippen molar-refractivity contribution in [2.24, 2.45) is 17.3 Å². The lowest BCUT2D eigenvalue weighted by molar-refractivity contribution is -0.0179. The van der Waals surface area contributed by atoms with Gasteiger partial charge in [0.25, 0.3) is 0 Å². The van der Waals surface area contributed by atoms with Crippen molar-refractivity contribution in [2.45, 2.75) is 65.4 Å². The van der Waals surface area contributed by atoms with Crippen LogP contribution < -0.4 is 0 Å². The molecular formula is C14H26O. The number of hydrogen-bond acceptors (Lipinski definition) is 1. The fourth-order valence-electron chi connectivity index (χ4n) is 3.81. The van der Waals surface area contributed by atoms with Gasteiger partial charge in [-0.3, -0.25) is 0 Å². The summed E-state index contributed by atoms with van der Waals surface area (Å²) in [6, 6.07) is 0. The molecule has 0 aromatic heterocycles. The van der Waals surface area contributed by atoms with Crippen molar-refractivity contribution in [2.75, 3.05) is 6.61 Å². The van der Waals surface area contributed by atoms with Crippen LogP contribution in [0.5, 0.6) is 0 Å². The molecule has 1 nitrogen and oxygen atoms in total. The van der Waals surface area contributed by atoms with E-state index in [1.165, 1.54) is 32.1 Å². The largest absolute Gasteiger partial charge is 0.375 e. The van der Waals surface area contributed by atoms with Crippen LogP contribution in [0.1, 0.15) is 59.8 Å². The minimum atomic E-state index is 0.137. The summed E-state index contributed by atoms with van der Waals surface area (Å²) in [6.45, 7) is 10.4. The fraction of sp³-hybridized carbons (Fsp3) is 1.00. The van der Waals surface area contributed by atoms with E-state index in [2.05, 4.69) is 27.7 Å². The highest BCUT2D eigenvalue weighted by atomic mass is 16.5. The zero-order chi connectivity index (χ0) is 11.1. The summed E-state index contributed by atoms with van der Waals surface area (Å²) in [5.41, 5.74) is 0.708. The standard InChI is InChI=1S/C14H26O/c1-13(2)8-5-6-11(10-13)12-7-9-15-14(12,3)4/h11-12H,5-10H2,1-4H3. The second kappa shape index (κ2) is 3.76.